The predicted octanol–water partition coefficient (Wildman–Crippen LogP) is 1.90. The third-order valence-corrected chi connectivity index (χ3v) is 4.91. The van der Waals surface area contributed by atoms with Crippen LogP contribution in [0.25, 0.3) is 0 Å². The first kappa shape index (κ1) is 13.4. The van der Waals surface area contributed by atoms with Crippen LogP contribution < -0.4 is 0 Å². The van der Waals surface area contributed by atoms with Gasteiger partial charge in [-0.05, 0) is 36.3 Å². The Labute approximate surface area is 118 Å². The van der Waals surface area contributed by atoms with E-state index in [1.807, 2.05) is 18.2 Å². The van der Waals surface area contributed by atoms with Gasteiger partial charge in [0, 0.05) is 24.7 Å². The molecule has 2 fully saturated rings. The monoisotopic (exact) mass is 281 g/mol. The molecule has 1 aliphatic carbocycles. The van der Waals surface area contributed by atoms with Crippen molar-refractivity contribution in [3.8, 4) is 0 Å². The first-order chi connectivity index (χ1) is 9.13. The van der Waals surface area contributed by atoms with E-state index in [4.69, 9.17) is 11.6 Å². The Balaban J connectivity index is 1.65. The molecule has 1 heterocycles. The van der Waals surface area contributed by atoms with Crippen molar-refractivity contribution in [3.63, 3.8) is 0 Å². The van der Waals surface area contributed by atoms with E-state index in [1.54, 1.807) is 0 Å². The van der Waals surface area contributed by atoms with E-state index >= 15 is 0 Å². The van der Waals surface area contributed by atoms with Crippen molar-refractivity contribution >= 4 is 11.6 Å². The number of aliphatic hydroxyl groups excluding tert-OH is 2. The third-order valence-electron chi connectivity index (χ3n) is 4.54. The molecule has 0 amide bonds. The highest BCUT2D eigenvalue weighted by atomic mass is 35.5. The fraction of sp³-hybridized carbons (Fsp3) is 0.600. The summed E-state index contributed by atoms with van der Waals surface area (Å²) in [6.45, 7) is 2.86. The Bertz CT molecular complexity index is 436. The second-order valence-corrected chi connectivity index (χ2v) is 6.32. The van der Waals surface area contributed by atoms with E-state index in [0.717, 1.165) is 43.1 Å². The van der Waals surface area contributed by atoms with Gasteiger partial charge in [-0.25, -0.2) is 0 Å². The molecule has 1 aromatic carbocycles. The van der Waals surface area contributed by atoms with Crippen LogP contribution in [0.1, 0.15) is 18.4 Å². The Kier molecular flexibility index (Phi) is 3.81. The lowest BCUT2D eigenvalue weighted by Crippen LogP contribution is -2.38. The van der Waals surface area contributed by atoms with Gasteiger partial charge < -0.3 is 10.2 Å². The van der Waals surface area contributed by atoms with Crippen molar-refractivity contribution in [2.45, 2.75) is 31.6 Å². The van der Waals surface area contributed by atoms with Crippen LogP contribution in [0, 0.1) is 11.8 Å². The van der Waals surface area contributed by atoms with E-state index < -0.39 is 12.2 Å². The standard InChI is InChI=1S/C15H20ClNO2/c16-13-4-2-1-3-10(13)7-17-8-11-5-14(18)15(19)6-12(11)9-17/h1-4,11-12,14-15,18-19H,5-9H2/t11-,12+,14-,15-/m1/s1. The smallest absolute Gasteiger partial charge is 0.0802 e. The van der Waals surface area contributed by atoms with E-state index in [2.05, 4.69) is 11.0 Å². The molecule has 1 aliphatic heterocycles. The van der Waals surface area contributed by atoms with Gasteiger partial charge in [0.1, 0.15) is 0 Å². The summed E-state index contributed by atoms with van der Waals surface area (Å²) in [5.74, 6) is 1.03. The molecule has 2 aliphatic rings. The molecule has 4 heteroatoms. The maximum Gasteiger partial charge on any atom is 0.0802 e. The summed E-state index contributed by atoms with van der Waals surface area (Å²) < 4.78 is 0. The minimum atomic E-state index is -0.540. The van der Waals surface area contributed by atoms with Crippen LogP contribution in [0.3, 0.4) is 0 Å². The number of fused-ring (bicyclic) bond motifs is 1. The van der Waals surface area contributed by atoms with Gasteiger partial charge in [-0.3, -0.25) is 4.90 Å². The van der Waals surface area contributed by atoms with Crippen LogP contribution in [-0.4, -0.2) is 40.4 Å². The molecular weight excluding hydrogens is 262 g/mol. The topological polar surface area (TPSA) is 43.7 Å². The van der Waals surface area contributed by atoms with E-state index in [1.165, 1.54) is 0 Å². The molecule has 3 nitrogen and oxygen atoms in total. The maximum atomic E-state index is 9.76. The second-order valence-electron chi connectivity index (χ2n) is 5.91. The number of nitrogens with zero attached hydrogens (tertiary/aromatic N) is 1. The SMILES string of the molecule is O[C@@H]1C[C@@H]2CN(Cc3ccccc3Cl)C[C@@H]2C[C@H]1O. The van der Waals surface area contributed by atoms with Gasteiger partial charge in [0.2, 0.25) is 0 Å². The molecule has 0 bridgehead atoms. The lowest BCUT2D eigenvalue weighted by Gasteiger charge is -2.32. The van der Waals surface area contributed by atoms with Gasteiger partial charge in [-0.2, -0.15) is 0 Å². The zero-order valence-electron chi connectivity index (χ0n) is 10.9. The van der Waals surface area contributed by atoms with Gasteiger partial charge in [0.25, 0.3) is 0 Å². The van der Waals surface area contributed by atoms with Crippen molar-refractivity contribution in [3.05, 3.63) is 34.9 Å². The highest BCUT2D eigenvalue weighted by molar-refractivity contribution is 6.31. The van der Waals surface area contributed by atoms with Crippen LogP contribution in [0.15, 0.2) is 24.3 Å². The van der Waals surface area contributed by atoms with Crippen molar-refractivity contribution in [2.24, 2.45) is 11.8 Å². The molecule has 1 saturated carbocycles. The molecule has 1 aromatic rings. The van der Waals surface area contributed by atoms with Crippen molar-refractivity contribution in [1.82, 2.24) is 4.90 Å². The molecule has 0 aromatic heterocycles. The van der Waals surface area contributed by atoms with Crippen molar-refractivity contribution < 1.29 is 10.2 Å². The Hall–Kier alpha value is -0.610. The average Bonchev–Trinajstić information content (AvgIpc) is 2.74. The van der Waals surface area contributed by atoms with Crippen molar-refractivity contribution in [1.29, 1.82) is 0 Å². The van der Waals surface area contributed by atoms with Gasteiger partial charge in [0.15, 0.2) is 0 Å². The zero-order valence-corrected chi connectivity index (χ0v) is 11.6. The highest BCUT2D eigenvalue weighted by Crippen LogP contribution is 2.37. The average molecular weight is 282 g/mol. The number of rotatable bonds is 2. The lowest BCUT2D eigenvalue weighted by atomic mass is 9.79. The number of likely N-dealkylation sites (tertiary alicyclic amines) is 1. The third kappa shape index (κ3) is 2.79. The minimum Gasteiger partial charge on any atom is -0.390 e. The summed E-state index contributed by atoms with van der Waals surface area (Å²) in [6, 6.07) is 7.95. The van der Waals surface area contributed by atoms with Crippen LogP contribution in [0.4, 0.5) is 0 Å². The number of benzene rings is 1. The lowest BCUT2D eigenvalue weighted by molar-refractivity contribution is -0.0372. The van der Waals surface area contributed by atoms with Crippen LogP contribution in [0.2, 0.25) is 5.02 Å². The first-order valence-electron chi connectivity index (χ1n) is 6.95. The van der Waals surface area contributed by atoms with Crippen molar-refractivity contribution in [2.75, 3.05) is 13.1 Å². The molecule has 4 atom stereocenters. The van der Waals surface area contributed by atoms with Crippen LogP contribution in [0.5, 0.6) is 0 Å². The van der Waals surface area contributed by atoms with Gasteiger partial charge in [-0.1, -0.05) is 29.8 Å². The van der Waals surface area contributed by atoms with Gasteiger partial charge in [0.05, 0.1) is 12.2 Å². The number of halogens is 1. The highest BCUT2D eigenvalue weighted by Gasteiger charge is 2.40. The minimum absolute atomic E-state index is 0.515. The number of hydrogen-bond acceptors (Lipinski definition) is 3. The summed E-state index contributed by atoms with van der Waals surface area (Å²) in [5.41, 5.74) is 1.16. The molecule has 104 valence electrons. The normalized spacial score (nSPS) is 35.3. The summed E-state index contributed by atoms with van der Waals surface area (Å²) >= 11 is 6.20. The predicted molar refractivity (Wildman–Crippen MR) is 75.0 cm³/mol. The molecule has 19 heavy (non-hydrogen) atoms. The van der Waals surface area contributed by atoms with E-state index in [-0.39, 0.29) is 0 Å². The Morgan fingerprint density at radius 3 is 2.21 bits per heavy atom. The van der Waals surface area contributed by atoms with Gasteiger partial charge in [-0.15, -0.1) is 0 Å². The van der Waals surface area contributed by atoms with E-state index in [0.29, 0.717) is 11.8 Å². The fourth-order valence-electron chi connectivity index (χ4n) is 3.50. The largest absolute Gasteiger partial charge is 0.390 e. The number of aliphatic hydroxyl groups is 2. The maximum absolute atomic E-state index is 9.76. The Morgan fingerprint density at radius 2 is 1.63 bits per heavy atom. The molecule has 3 rings (SSSR count). The molecular formula is C15H20ClNO2. The molecule has 2 N–H and O–H groups in total. The van der Waals surface area contributed by atoms with Gasteiger partial charge >= 0.3 is 0 Å². The summed E-state index contributed by atoms with van der Waals surface area (Å²) in [6.07, 6.45) is 0.374. The Morgan fingerprint density at radius 1 is 1.05 bits per heavy atom. The molecule has 1 saturated heterocycles. The second kappa shape index (κ2) is 5.41. The van der Waals surface area contributed by atoms with E-state index in [9.17, 15) is 10.2 Å². The molecule has 0 unspecified atom stereocenters. The summed E-state index contributed by atoms with van der Waals surface area (Å²) in [5, 5.41) is 20.3. The fourth-order valence-corrected chi connectivity index (χ4v) is 3.70. The summed E-state index contributed by atoms with van der Waals surface area (Å²) in [7, 11) is 0. The zero-order chi connectivity index (χ0) is 13.4. The quantitative estimate of drug-likeness (QED) is 0.870. The molecule has 0 radical (unpaired) electrons. The van der Waals surface area contributed by atoms with Crippen LogP contribution >= 0.6 is 11.6 Å². The van der Waals surface area contributed by atoms with Crippen LogP contribution in [-0.2, 0) is 6.54 Å². The summed E-state index contributed by atoms with van der Waals surface area (Å²) in [4.78, 5) is 2.39. The molecule has 0 spiro atoms. The first-order valence-corrected chi connectivity index (χ1v) is 7.33. The number of hydrogen-bond donors (Lipinski definition) is 2.